The third-order valence-electron chi connectivity index (χ3n) is 1.63. The Balaban J connectivity index is 0. The molecule has 0 atom stereocenters. The molecule has 0 fully saturated rings. The zero-order chi connectivity index (χ0) is 9.56. The Kier molecular flexibility index (Phi) is 5.77. The molecule has 74 valence electrons. The summed E-state index contributed by atoms with van der Waals surface area (Å²) in [5.41, 5.74) is 0. The fraction of sp³-hybridized carbons (Fsp3) is 0.900. The van der Waals surface area contributed by atoms with Gasteiger partial charge in [-0.1, -0.05) is 20.3 Å². The molecule has 0 aliphatic rings. The summed E-state index contributed by atoms with van der Waals surface area (Å²) in [6.45, 7) is 8.33. The first-order valence-electron chi connectivity index (χ1n) is 4.81. The van der Waals surface area contributed by atoms with Gasteiger partial charge in [0.05, 0.1) is 0 Å². The van der Waals surface area contributed by atoms with Crippen molar-refractivity contribution in [3.63, 3.8) is 0 Å². The van der Waals surface area contributed by atoms with Gasteiger partial charge in [0.2, 0.25) is 5.91 Å². The summed E-state index contributed by atoms with van der Waals surface area (Å²) >= 11 is 0. The molecule has 12 heavy (non-hydrogen) atoms. The van der Waals surface area contributed by atoms with Gasteiger partial charge >= 0.3 is 0 Å². The summed E-state index contributed by atoms with van der Waals surface area (Å²) < 4.78 is 0. The third kappa shape index (κ3) is 7.58. The van der Waals surface area contributed by atoms with E-state index in [9.17, 15) is 4.79 Å². The molecule has 0 aliphatic carbocycles. The number of hydrogen-bond donors (Lipinski definition) is 1. The molecular weight excluding hydrogens is 150 g/mol. The van der Waals surface area contributed by atoms with Crippen LogP contribution in [0.1, 0.15) is 48.4 Å². The molecule has 1 N–H and O–H groups in total. The van der Waals surface area contributed by atoms with Crippen LogP contribution in [0.2, 0.25) is 0 Å². The van der Waals surface area contributed by atoms with E-state index in [1.807, 2.05) is 13.8 Å². The Morgan fingerprint density at radius 2 is 1.92 bits per heavy atom. The summed E-state index contributed by atoms with van der Waals surface area (Å²) in [5.74, 6) is 0.891. The van der Waals surface area contributed by atoms with E-state index in [2.05, 4.69) is 19.2 Å². The molecule has 0 unspecified atom stereocenters. The maximum Gasteiger partial charge on any atom is 0.220 e. The highest BCUT2D eigenvalue weighted by Gasteiger charge is 2.02. The number of carbonyl (C=O) groups excluding carboxylic acids is 1. The van der Waals surface area contributed by atoms with Crippen LogP contribution in [-0.2, 0) is 4.79 Å². The Bertz CT molecular complexity index is 135. The lowest BCUT2D eigenvalue weighted by Crippen LogP contribution is -2.29. The normalized spacial score (nSPS) is 10.8. The quantitative estimate of drug-likeness (QED) is 0.680. The standard InChI is InChI=1S/C10H21NO.H2/c1-8(2)6-5-7-10(12)11-9(3)4;/h8-9H,5-7H2,1-4H3,(H,11,12);1H. The van der Waals surface area contributed by atoms with E-state index >= 15 is 0 Å². The first-order valence-corrected chi connectivity index (χ1v) is 4.81. The SMILES string of the molecule is CC(C)CCCC(=O)NC(C)C.[HH]. The van der Waals surface area contributed by atoms with Crippen molar-refractivity contribution < 1.29 is 6.22 Å². The van der Waals surface area contributed by atoms with Crippen LogP contribution in [0.25, 0.3) is 0 Å². The molecule has 2 nitrogen and oxygen atoms in total. The van der Waals surface area contributed by atoms with Gasteiger partial charge in [-0.3, -0.25) is 4.79 Å². The predicted octanol–water partition coefficient (Wildman–Crippen LogP) is 2.58. The van der Waals surface area contributed by atoms with Gasteiger partial charge in [0.25, 0.3) is 0 Å². The zero-order valence-corrected chi connectivity index (χ0v) is 8.68. The molecule has 2 heteroatoms. The Morgan fingerprint density at radius 3 is 2.33 bits per heavy atom. The fourth-order valence-electron chi connectivity index (χ4n) is 1.07. The molecule has 0 aromatic carbocycles. The van der Waals surface area contributed by atoms with E-state index in [1.165, 1.54) is 0 Å². The molecule has 0 saturated heterocycles. The number of carbonyl (C=O) groups is 1. The molecule has 0 rings (SSSR count). The largest absolute Gasteiger partial charge is 0.354 e. The molecular formula is C10H23NO. The van der Waals surface area contributed by atoms with Gasteiger partial charge in [0.1, 0.15) is 0 Å². The number of hydrogen-bond acceptors (Lipinski definition) is 1. The van der Waals surface area contributed by atoms with Crippen molar-refractivity contribution in [3.05, 3.63) is 0 Å². The summed E-state index contributed by atoms with van der Waals surface area (Å²) in [5, 5.41) is 2.88. The second-order valence-electron chi connectivity index (χ2n) is 4.01. The Morgan fingerprint density at radius 1 is 1.33 bits per heavy atom. The molecule has 0 bridgehead atoms. The van der Waals surface area contributed by atoms with E-state index in [-0.39, 0.29) is 13.4 Å². The van der Waals surface area contributed by atoms with E-state index < -0.39 is 0 Å². The lowest BCUT2D eigenvalue weighted by atomic mass is 10.1. The van der Waals surface area contributed by atoms with Crippen LogP contribution >= 0.6 is 0 Å². The van der Waals surface area contributed by atoms with Crippen molar-refractivity contribution in [2.45, 2.75) is 53.0 Å². The van der Waals surface area contributed by atoms with Gasteiger partial charge in [-0.2, -0.15) is 0 Å². The van der Waals surface area contributed by atoms with Gasteiger partial charge in [0.15, 0.2) is 0 Å². The molecule has 0 aromatic rings. The van der Waals surface area contributed by atoms with Crippen molar-refractivity contribution in [3.8, 4) is 0 Å². The average Bonchev–Trinajstić information content (AvgIpc) is 1.84. The number of rotatable bonds is 5. The second kappa shape index (κ2) is 6.04. The molecule has 0 aliphatic heterocycles. The van der Waals surface area contributed by atoms with Crippen molar-refractivity contribution >= 4 is 5.91 Å². The topological polar surface area (TPSA) is 29.1 Å². The van der Waals surface area contributed by atoms with E-state index in [4.69, 9.17) is 0 Å². The third-order valence-corrected chi connectivity index (χ3v) is 1.63. The van der Waals surface area contributed by atoms with Gasteiger partial charge in [-0.05, 0) is 26.2 Å². The highest BCUT2D eigenvalue weighted by Crippen LogP contribution is 2.05. The van der Waals surface area contributed by atoms with E-state index in [1.54, 1.807) is 0 Å². The summed E-state index contributed by atoms with van der Waals surface area (Å²) in [6, 6.07) is 0.275. The van der Waals surface area contributed by atoms with E-state index in [0.717, 1.165) is 12.8 Å². The van der Waals surface area contributed by atoms with Gasteiger partial charge in [-0.25, -0.2) is 0 Å². The van der Waals surface area contributed by atoms with Crippen molar-refractivity contribution in [2.24, 2.45) is 5.92 Å². The first-order chi connectivity index (χ1) is 5.52. The zero-order valence-electron chi connectivity index (χ0n) is 8.68. The minimum Gasteiger partial charge on any atom is -0.354 e. The summed E-state index contributed by atoms with van der Waals surface area (Å²) in [6.07, 6.45) is 2.83. The maximum atomic E-state index is 11.1. The predicted molar refractivity (Wildman–Crippen MR) is 54.1 cm³/mol. The lowest BCUT2D eigenvalue weighted by Gasteiger charge is -2.08. The Labute approximate surface area is 77.2 Å². The van der Waals surface area contributed by atoms with Gasteiger partial charge in [0, 0.05) is 13.9 Å². The first kappa shape index (κ1) is 11.5. The minimum absolute atomic E-state index is 0. The molecule has 0 heterocycles. The second-order valence-corrected chi connectivity index (χ2v) is 4.01. The van der Waals surface area contributed by atoms with Gasteiger partial charge in [-0.15, -0.1) is 0 Å². The molecule has 0 radical (unpaired) electrons. The Hall–Kier alpha value is -0.530. The van der Waals surface area contributed by atoms with Crippen molar-refractivity contribution in [1.82, 2.24) is 5.32 Å². The smallest absolute Gasteiger partial charge is 0.220 e. The highest BCUT2D eigenvalue weighted by molar-refractivity contribution is 5.76. The number of nitrogens with one attached hydrogen (secondary N) is 1. The van der Waals surface area contributed by atoms with Crippen LogP contribution in [0.4, 0.5) is 0 Å². The van der Waals surface area contributed by atoms with Crippen LogP contribution in [0.5, 0.6) is 0 Å². The van der Waals surface area contributed by atoms with Crippen LogP contribution < -0.4 is 5.32 Å². The molecule has 0 spiro atoms. The highest BCUT2D eigenvalue weighted by atomic mass is 16.1. The molecule has 0 saturated carbocycles. The fourth-order valence-corrected chi connectivity index (χ4v) is 1.07. The van der Waals surface area contributed by atoms with Crippen molar-refractivity contribution in [2.75, 3.05) is 0 Å². The number of amides is 1. The maximum absolute atomic E-state index is 11.1. The van der Waals surface area contributed by atoms with E-state index in [0.29, 0.717) is 12.3 Å². The molecule has 1 amide bonds. The minimum atomic E-state index is 0. The van der Waals surface area contributed by atoms with Crippen LogP contribution in [-0.4, -0.2) is 11.9 Å². The van der Waals surface area contributed by atoms with Crippen LogP contribution in [0.15, 0.2) is 0 Å². The van der Waals surface area contributed by atoms with Gasteiger partial charge < -0.3 is 5.32 Å². The monoisotopic (exact) mass is 173 g/mol. The summed E-state index contributed by atoms with van der Waals surface area (Å²) in [7, 11) is 0. The molecule has 0 aromatic heterocycles. The summed E-state index contributed by atoms with van der Waals surface area (Å²) in [4.78, 5) is 11.1. The van der Waals surface area contributed by atoms with Crippen LogP contribution in [0.3, 0.4) is 0 Å². The average molecular weight is 173 g/mol. The lowest BCUT2D eigenvalue weighted by molar-refractivity contribution is -0.121. The van der Waals surface area contributed by atoms with Crippen LogP contribution in [0, 0.1) is 5.92 Å². The van der Waals surface area contributed by atoms with Crippen molar-refractivity contribution in [1.29, 1.82) is 0 Å².